The van der Waals surface area contributed by atoms with Crippen LogP contribution in [-0.4, -0.2) is 63.7 Å². The monoisotopic (exact) mass is 460 g/mol. The standard InChI is InChI=1S/C18H40O4Si5/c1-23-15-11-16(24(2,3)4)13-18(26(8,9)10)14-17(12-15,25(5,6)7)21-27(19-15,20-16)22-18/h11-14,23H2,1-10H3. The van der Waals surface area contributed by atoms with Gasteiger partial charge in [-0.2, -0.15) is 0 Å². The molecule has 0 aromatic rings. The summed E-state index contributed by atoms with van der Waals surface area (Å²) >= 11 is 0. The molecule has 4 heterocycles. The lowest BCUT2D eigenvalue weighted by Crippen LogP contribution is -2.91. The maximum absolute atomic E-state index is 7.00. The first-order chi connectivity index (χ1) is 12.0. The van der Waals surface area contributed by atoms with Crippen molar-refractivity contribution in [1.29, 1.82) is 0 Å². The molecule has 156 valence electrons. The van der Waals surface area contributed by atoms with E-state index in [1.165, 1.54) is 0 Å². The first-order valence-electron chi connectivity index (χ1n) is 10.8. The van der Waals surface area contributed by atoms with Crippen LogP contribution in [-0.2, 0) is 17.7 Å². The third-order valence-electron chi connectivity index (χ3n) is 8.41. The van der Waals surface area contributed by atoms with E-state index in [0.29, 0.717) is 0 Å². The molecule has 4 aliphatic heterocycles. The van der Waals surface area contributed by atoms with E-state index in [1.807, 2.05) is 0 Å². The third-order valence-corrected chi connectivity index (χ3v) is 23.4. The topological polar surface area (TPSA) is 36.9 Å². The minimum Gasteiger partial charge on any atom is -0.349 e. The molecule has 0 amide bonds. The molecule has 0 N–H and O–H groups in total. The Hall–Kier alpha value is 0.924. The second-order valence-electron chi connectivity index (χ2n) is 12.9. The van der Waals surface area contributed by atoms with Crippen molar-refractivity contribution in [2.24, 2.45) is 0 Å². The van der Waals surface area contributed by atoms with Crippen LogP contribution in [0.5, 0.6) is 0 Å². The van der Waals surface area contributed by atoms with Gasteiger partial charge in [-0.05, 0) is 25.7 Å². The molecule has 4 saturated heterocycles. The van der Waals surface area contributed by atoms with Crippen molar-refractivity contribution in [3.63, 3.8) is 0 Å². The van der Waals surface area contributed by atoms with Gasteiger partial charge < -0.3 is 17.7 Å². The normalized spacial score (nSPS) is 50.0. The van der Waals surface area contributed by atoms with Crippen LogP contribution < -0.4 is 0 Å². The van der Waals surface area contributed by atoms with Crippen molar-refractivity contribution in [1.82, 2.24) is 0 Å². The quantitative estimate of drug-likeness (QED) is 0.597. The van der Waals surface area contributed by atoms with Gasteiger partial charge in [0.15, 0.2) is 0 Å². The largest absolute Gasteiger partial charge is 0.680 e. The Kier molecular flexibility index (Phi) is 4.23. The fraction of sp³-hybridized carbons (Fsp3) is 1.00. The Labute approximate surface area is 172 Å². The smallest absolute Gasteiger partial charge is 0.349 e. The first-order valence-corrected chi connectivity index (χ1v) is 25.0. The molecular weight excluding hydrogens is 421 g/mol. The average Bonchev–Trinajstić information content (AvgIpc) is 2.40. The van der Waals surface area contributed by atoms with Crippen LogP contribution in [0.2, 0.25) is 65.5 Å². The highest BCUT2D eigenvalue weighted by molar-refractivity contribution is 6.84. The number of hydrogen-bond acceptors (Lipinski definition) is 4. The summed E-state index contributed by atoms with van der Waals surface area (Å²) < 4.78 is 27.9. The molecule has 0 radical (unpaired) electrons. The molecule has 0 aromatic carbocycles. The van der Waals surface area contributed by atoms with E-state index in [0.717, 1.165) is 25.7 Å². The van der Waals surface area contributed by atoms with Gasteiger partial charge in [-0.15, -0.1) is 0 Å². The maximum Gasteiger partial charge on any atom is 0.680 e. The summed E-state index contributed by atoms with van der Waals surface area (Å²) in [5, 5.41) is -0.108. The van der Waals surface area contributed by atoms with Gasteiger partial charge >= 0.3 is 9.05 Å². The van der Waals surface area contributed by atoms with Crippen LogP contribution in [0.15, 0.2) is 0 Å². The zero-order valence-electron chi connectivity index (χ0n) is 19.2. The van der Waals surface area contributed by atoms with Crippen molar-refractivity contribution in [3.8, 4) is 0 Å². The number of fused-ring (bicyclic) bond motifs is 4. The van der Waals surface area contributed by atoms with Gasteiger partial charge in [0.25, 0.3) is 0 Å². The molecule has 4 nitrogen and oxygen atoms in total. The molecule has 2 atom stereocenters. The summed E-state index contributed by atoms with van der Waals surface area (Å²) in [4.78, 5) is 0. The number of rotatable bonds is 4. The molecule has 5 bridgehead atoms. The number of hydrogen-bond donors (Lipinski definition) is 0. The summed E-state index contributed by atoms with van der Waals surface area (Å²) in [5.74, 6) is 0. The summed E-state index contributed by atoms with van der Waals surface area (Å²) in [6.45, 7) is 24.9. The van der Waals surface area contributed by atoms with Crippen LogP contribution in [0.25, 0.3) is 0 Å². The van der Waals surface area contributed by atoms with Crippen molar-refractivity contribution in [2.75, 3.05) is 0 Å². The minimum absolute atomic E-state index is 0.0231. The van der Waals surface area contributed by atoms with Crippen LogP contribution in [0.3, 0.4) is 0 Å². The van der Waals surface area contributed by atoms with Crippen molar-refractivity contribution in [2.45, 2.75) is 112 Å². The summed E-state index contributed by atoms with van der Waals surface area (Å²) in [6, 6.07) is 0. The van der Waals surface area contributed by atoms with Gasteiger partial charge in [-0.3, -0.25) is 0 Å². The molecule has 4 fully saturated rings. The van der Waals surface area contributed by atoms with Crippen molar-refractivity contribution < 1.29 is 17.7 Å². The zero-order valence-corrected chi connectivity index (χ0v) is 24.6. The maximum atomic E-state index is 7.00. The third kappa shape index (κ3) is 2.69. The molecule has 0 aliphatic carbocycles. The molecule has 1 spiro atoms. The Morgan fingerprint density at radius 1 is 0.593 bits per heavy atom. The van der Waals surface area contributed by atoms with Crippen LogP contribution in [0.1, 0.15) is 25.7 Å². The van der Waals surface area contributed by atoms with E-state index in [9.17, 15) is 0 Å². The van der Waals surface area contributed by atoms with Crippen LogP contribution >= 0.6 is 0 Å². The summed E-state index contributed by atoms with van der Waals surface area (Å²) in [7, 11) is -8.36. The van der Waals surface area contributed by atoms with E-state index in [-0.39, 0.29) is 30.4 Å². The van der Waals surface area contributed by atoms with Crippen molar-refractivity contribution >= 4 is 42.8 Å². The predicted octanol–water partition coefficient (Wildman–Crippen LogP) is 3.87. The lowest BCUT2D eigenvalue weighted by Gasteiger charge is -2.75. The average molecular weight is 461 g/mol. The SMILES string of the molecule is C[SiH2]C12CC3([Si](C)(C)C)CC4([Si](C)(C)C)CC([Si](C)(C)C)(C1)O[Si](O2)(O3)O4. The summed E-state index contributed by atoms with van der Waals surface area (Å²) in [5.41, 5.74) is 0. The molecule has 0 aromatic heterocycles. The van der Waals surface area contributed by atoms with Gasteiger partial charge in [0.1, 0.15) is 0 Å². The fourth-order valence-electron chi connectivity index (χ4n) is 5.98. The van der Waals surface area contributed by atoms with Gasteiger partial charge in [-0.25, -0.2) is 0 Å². The highest BCUT2D eigenvalue weighted by atomic mass is 28.4. The Morgan fingerprint density at radius 2 is 0.926 bits per heavy atom. The summed E-state index contributed by atoms with van der Waals surface area (Å²) in [6.07, 6.45) is 4.40. The Morgan fingerprint density at radius 3 is 1.22 bits per heavy atom. The zero-order chi connectivity index (χ0) is 20.4. The molecule has 4 aliphatic rings. The van der Waals surface area contributed by atoms with Gasteiger partial charge in [0, 0.05) is 0 Å². The van der Waals surface area contributed by atoms with Crippen LogP contribution in [0.4, 0.5) is 0 Å². The van der Waals surface area contributed by atoms with Crippen molar-refractivity contribution in [3.05, 3.63) is 0 Å². The molecule has 27 heavy (non-hydrogen) atoms. The second-order valence-corrected chi connectivity index (χ2v) is 32.9. The molecule has 9 heteroatoms. The molecule has 4 rings (SSSR count). The van der Waals surface area contributed by atoms with E-state index < -0.39 is 33.3 Å². The molecule has 2 unspecified atom stereocenters. The predicted molar refractivity (Wildman–Crippen MR) is 124 cm³/mol. The first kappa shape index (κ1) is 21.2. The highest BCUT2D eigenvalue weighted by Gasteiger charge is 2.83. The molecule has 0 saturated carbocycles. The van der Waals surface area contributed by atoms with Gasteiger partial charge in [0.05, 0.1) is 54.6 Å². The van der Waals surface area contributed by atoms with E-state index in [4.69, 9.17) is 17.7 Å². The highest BCUT2D eigenvalue weighted by Crippen LogP contribution is 2.66. The Bertz CT molecular complexity index is 623. The Balaban J connectivity index is 1.98. The second kappa shape index (κ2) is 5.39. The van der Waals surface area contributed by atoms with Crippen LogP contribution in [0, 0.1) is 0 Å². The minimum atomic E-state index is -3.10. The van der Waals surface area contributed by atoms with Gasteiger partial charge in [-0.1, -0.05) is 65.5 Å². The fourth-order valence-corrected chi connectivity index (χ4v) is 21.8. The van der Waals surface area contributed by atoms with E-state index in [2.05, 4.69) is 65.5 Å². The van der Waals surface area contributed by atoms with E-state index >= 15 is 0 Å². The molecular formula is C18H40O4Si5. The lowest BCUT2D eigenvalue weighted by molar-refractivity contribution is -0.289. The van der Waals surface area contributed by atoms with Gasteiger partial charge in [0.2, 0.25) is 0 Å². The lowest BCUT2D eigenvalue weighted by atomic mass is 9.89. The van der Waals surface area contributed by atoms with E-state index in [1.54, 1.807) is 0 Å².